The first-order valence-corrected chi connectivity index (χ1v) is 7.64. The van der Waals surface area contributed by atoms with Crippen LogP contribution in [-0.2, 0) is 9.59 Å². The number of nitrogens with one attached hydrogen (secondary N) is 1. The number of anilines is 1. The lowest BCUT2D eigenvalue weighted by Gasteiger charge is -2.30. The molecule has 1 aliphatic heterocycles. The average molecular weight is 304 g/mol. The van der Waals surface area contributed by atoms with Crippen LogP contribution in [0.5, 0.6) is 5.75 Å². The molecule has 0 radical (unpaired) electrons. The van der Waals surface area contributed by atoms with Gasteiger partial charge in [-0.2, -0.15) is 0 Å². The Labute approximate surface area is 131 Å². The first-order chi connectivity index (χ1) is 10.4. The van der Waals surface area contributed by atoms with Crippen molar-refractivity contribution in [2.45, 2.75) is 33.6 Å². The summed E-state index contributed by atoms with van der Waals surface area (Å²) in [4.78, 5) is 25.6. The highest BCUT2D eigenvalue weighted by molar-refractivity contribution is 5.94. The van der Waals surface area contributed by atoms with Crippen molar-refractivity contribution in [2.24, 2.45) is 5.92 Å². The average Bonchev–Trinajstić information content (AvgIpc) is 2.50. The topological polar surface area (TPSA) is 58.6 Å². The number of carbonyl (C=O) groups excluding carboxylic acids is 2. The van der Waals surface area contributed by atoms with Gasteiger partial charge in [0.25, 0.3) is 0 Å². The molecule has 1 fully saturated rings. The fraction of sp³-hybridized carbons (Fsp3) is 0.529. The third-order valence-electron chi connectivity index (χ3n) is 4.38. The van der Waals surface area contributed by atoms with Gasteiger partial charge in [-0.3, -0.25) is 9.59 Å². The lowest BCUT2D eigenvalue weighted by atomic mass is 9.95. The number of amides is 2. The molecule has 0 aromatic heterocycles. The van der Waals surface area contributed by atoms with Crippen LogP contribution in [0.25, 0.3) is 0 Å². The van der Waals surface area contributed by atoms with Crippen LogP contribution in [0.15, 0.2) is 12.1 Å². The molecule has 1 N–H and O–H groups in total. The van der Waals surface area contributed by atoms with Crippen molar-refractivity contribution in [3.05, 3.63) is 23.3 Å². The fourth-order valence-electron chi connectivity index (χ4n) is 2.75. The number of hydrogen-bond acceptors (Lipinski definition) is 3. The second-order valence-corrected chi connectivity index (χ2v) is 5.91. The summed E-state index contributed by atoms with van der Waals surface area (Å²) in [5.74, 6) is 0.707. The third-order valence-corrected chi connectivity index (χ3v) is 4.38. The molecular formula is C17H24N2O3. The SMILES string of the molecule is COc1cc(C)c(C)cc1NC(=O)C1CCN(C(C)=O)CC1. The summed E-state index contributed by atoms with van der Waals surface area (Å²) in [7, 11) is 1.60. The van der Waals surface area contributed by atoms with Crippen LogP contribution in [-0.4, -0.2) is 36.9 Å². The van der Waals surface area contributed by atoms with Crippen molar-refractivity contribution in [1.29, 1.82) is 0 Å². The molecule has 120 valence electrons. The number of likely N-dealkylation sites (tertiary alicyclic amines) is 1. The monoisotopic (exact) mass is 304 g/mol. The highest BCUT2D eigenvalue weighted by Gasteiger charge is 2.26. The Morgan fingerprint density at radius 3 is 2.32 bits per heavy atom. The molecule has 0 saturated carbocycles. The van der Waals surface area contributed by atoms with Gasteiger partial charge in [0, 0.05) is 25.9 Å². The molecule has 5 heteroatoms. The number of nitrogens with zero attached hydrogens (tertiary/aromatic N) is 1. The minimum Gasteiger partial charge on any atom is -0.495 e. The van der Waals surface area contributed by atoms with Gasteiger partial charge in [0.1, 0.15) is 5.75 Å². The molecule has 1 heterocycles. The molecule has 5 nitrogen and oxygen atoms in total. The summed E-state index contributed by atoms with van der Waals surface area (Å²) in [5.41, 5.74) is 2.96. The zero-order valence-electron chi connectivity index (χ0n) is 13.7. The molecule has 1 aromatic rings. The van der Waals surface area contributed by atoms with Gasteiger partial charge in [0.15, 0.2) is 0 Å². The van der Waals surface area contributed by atoms with Crippen LogP contribution in [0.3, 0.4) is 0 Å². The van der Waals surface area contributed by atoms with E-state index in [9.17, 15) is 9.59 Å². The molecule has 1 saturated heterocycles. The lowest BCUT2D eigenvalue weighted by Crippen LogP contribution is -2.40. The van der Waals surface area contributed by atoms with Crippen LogP contribution in [0.4, 0.5) is 5.69 Å². The van der Waals surface area contributed by atoms with Crippen molar-refractivity contribution < 1.29 is 14.3 Å². The standard InChI is InChI=1S/C17H24N2O3/c1-11-9-15(16(22-4)10-12(11)2)18-17(21)14-5-7-19(8-6-14)13(3)20/h9-10,14H,5-8H2,1-4H3,(H,18,21). The number of ether oxygens (including phenoxy) is 1. The summed E-state index contributed by atoms with van der Waals surface area (Å²) in [6, 6.07) is 3.88. The molecule has 0 spiro atoms. The molecule has 0 atom stereocenters. The molecule has 1 aliphatic rings. The number of hydrogen-bond donors (Lipinski definition) is 1. The van der Waals surface area contributed by atoms with E-state index in [-0.39, 0.29) is 17.7 Å². The lowest BCUT2D eigenvalue weighted by molar-refractivity contribution is -0.132. The predicted octanol–water partition coefficient (Wildman–Crippen LogP) is 2.51. The van der Waals surface area contributed by atoms with E-state index < -0.39 is 0 Å². The third kappa shape index (κ3) is 3.59. The number of aryl methyl sites for hydroxylation is 2. The second-order valence-electron chi connectivity index (χ2n) is 5.91. The van der Waals surface area contributed by atoms with Crippen molar-refractivity contribution >= 4 is 17.5 Å². The largest absolute Gasteiger partial charge is 0.495 e. The summed E-state index contributed by atoms with van der Waals surface area (Å²) < 4.78 is 5.35. The van der Waals surface area contributed by atoms with Gasteiger partial charge in [-0.1, -0.05) is 0 Å². The minimum absolute atomic E-state index is 0.00440. The quantitative estimate of drug-likeness (QED) is 0.933. The molecule has 2 rings (SSSR count). The highest BCUT2D eigenvalue weighted by Crippen LogP contribution is 2.29. The molecule has 0 aliphatic carbocycles. The van der Waals surface area contributed by atoms with E-state index in [4.69, 9.17) is 4.74 Å². The number of methoxy groups -OCH3 is 1. The predicted molar refractivity (Wildman–Crippen MR) is 86.1 cm³/mol. The van der Waals surface area contributed by atoms with E-state index in [1.54, 1.807) is 18.9 Å². The molecule has 2 amide bonds. The van der Waals surface area contributed by atoms with E-state index >= 15 is 0 Å². The van der Waals surface area contributed by atoms with Crippen LogP contribution >= 0.6 is 0 Å². The normalized spacial score (nSPS) is 15.5. The Kier molecular flexibility index (Phi) is 5.06. The van der Waals surface area contributed by atoms with Crippen LogP contribution in [0.2, 0.25) is 0 Å². The zero-order valence-corrected chi connectivity index (χ0v) is 13.7. The van der Waals surface area contributed by atoms with E-state index in [0.29, 0.717) is 37.4 Å². The molecule has 22 heavy (non-hydrogen) atoms. The maximum absolute atomic E-state index is 12.4. The maximum Gasteiger partial charge on any atom is 0.227 e. The molecule has 1 aromatic carbocycles. The summed E-state index contributed by atoms with van der Waals surface area (Å²) in [6.07, 6.45) is 1.41. The Hall–Kier alpha value is -2.04. The zero-order chi connectivity index (χ0) is 16.3. The van der Waals surface area contributed by atoms with Crippen molar-refractivity contribution in [2.75, 3.05) is 25.5 Å². The Bertz CT molecular complexity index is 576. The molecular weight excluding hydrogens is 280 g/mol. The van der Waals surface area contributed by atoms with Gasteiger partial charge in [-0.15, -0.1) is 0 Å². The van der Waals surface area contributed by atoms with E-state index in [0.717, 1.165) is 11.1 Å². The first-order valence-electron chi connectivity index (χ1n) is 7.64. The second kappa shape index (κ2) is 6.81. The number of rotatable bonds is 3. The van der Waals surface area contributed by atoms with Crippen molar-refractivity contribution in [1.82, 2.24) is 4.90 Å². The fourth-order valence-corrected chi connectivity index (χ4v) is 2.75. The van der Waals surface area contributed by atoms with E-state index in [1.807, 2.05) is 26.0 Å². The van der Waals surface area contributed by atoms with Crippen molar-refractivity contribution in [3.63, 3.8) is 0 Å². The van der Waals surface area contributed by atoms with Gasteiger partial charge in [0.05, 0.1) is 12.8 Å². The number of benzene rings is 1. The highest BCUT2D eigenvalue weighted by atomic mass is 16.5. The van der Waals surface area contributed by atoms with Crippen LogP contribution < -0.4 is 10.1 Å². The van der Waals surface area contributed by atoms with Gasteiger partial charge in [-0.05, 0) is 49.9 Å². The Morgan fingerprint density at radius 2 is 1.77 bits per heavy atom. The van der Waals surface area contributed by atoms with Gasteiger partial charge in [0.2, 0.25) is 11.8 Å². The maximum atomic E-state index is 12.4. The Balaban J connectivity index is 2.04. The van der Waals surface area contributed by atoms with Crippen LogP contribution in [0, 0.1) is 19.8 Å². The Morgan fingerprint density at radius 1 is 1.18 bits per heavy atom. The van der Waals surface area contributed by atoms with Gasteiger partial charge in [-0.25, -0.2) is 0 Å². The van der Waals surface area contributed by atoms with Gasteiger partial charge >= 0.3 is 0 Å². The number of piperidine rings is 1. The smallest absolute Gasteiger partial charge is 0.227 e. The number of carbonyl (C=O) groups is 2. The van der Waals surface area contributed by atoms with E-state index in [1.165, 1.54) is 0 Å². The molecule has 0 bridgehead atoms. The minimum atomic E-state index is -0.0538. The van der Waals surface area contributed by atoms with Crippen LogP contribution in [0.1, 0.15) is 30.9 Å². The van der Waals surface area contributed by atoms with Crippen molar-refractivity contribution in [3.8, 4) is 5.75 Å². The summed E-state index contributed by atoms with van der Waals surface area (Å²) in [5, 5.41) is 2.98. The first kappa shape index (κ1) is 16.3. The summed E-state index contributed by atoms with van der Waals surface area (Å²) >= 11 is 0. The van der Waals surface area contributed by atoms with Gasteiger partial charge < -0.3 is 15.0 Å². The van der Waals surface area contributed by atoms with E-state index in [2.05, 4.69) is 5.32 Å². The molecule has 0 unspecified atom stereocenters. The summed E-state index contributed by atoms with van der Waals surface area (Å²) in [6.45, 7) is 6.89.